The molecule has 0 spiro atoms. The number of amides is 1. The second kappa shape index (κ2) is 7.16. The molecule has 2 N–H and O–H groups in total. The minimum absolute atomic E-state index is 0.0527. The highest BCUT2D eigenvalue weighted by Crippen LogP contribution is 2.26. The molecule has 4 nitrogen and oxygen atoms in total. The molecule has 1 aliphatic rings. The highest BCUT2D eigenvalue weighted by molar-refractivity contribution is 5.78. The third-order valence-electron chi connectivity index (χ3n) is 4.64. The molecule has 0 heterocycles. The van der Waals surface area contributed by atoms with Crippen molar-refractivity contribution >= 4 is 11.9 Å². The Labute approximate surface area is 138 Å². The Balaban J connectivity index is 1.84. The summed E-state index contributed by atoms with van der Waals surface area (Å²) in [5, 5.41) is 12.0. The lowest BCUT2D eigenvalue weighted by Crippen LogP contribution is -2.40. The highest BCUT2D eigenvalue weighted by atomic mass is 16.4. The van der Waals surface area contributed by atoms with E-state index in [-0.39, 0.29) is 17.4 Å². The van der Waals surface area contributed by atoms with E-state index < -0.39 is 11.9 Å². The molecule has 126 valence electrons. The van der Waals surface area contributed by atoms with Gasteiger partial charge in [-0.25, -0.2) is 0 Å². The van der Waals surface area contributed by atoms with Gasteiger partial charge in [0.05, 0.1) is 5.92 Å². The zero-order valence-electron chi connectivity index (χ0n) is 14.3. The van der Waals surface area contributed by atoms with Crippen LogP contribution in [0.5, 0.6) is 0 Å². The molecule has 1 aliphatic carbocycles. The number of rotatable bonds is 5. The smallest absolute Gasteiger partial charge is 0.308 e. The van der Waals surface area contributed by atoms with Gasteiger partial charge >= 0.3 is 5.97 Å². The summed E-state index contributed by atoms with van der Waals surface area (Å²) < 4.78 is 0. The Hall–Kier alpha value is -1.84. The van der Waals surface area contributed by atoms with Crippen LogP contribution in [0, 0.1) is 5.92 Å². The van der Waals surface area contributed by atoms with Gasteiger partial charge in [-0.2, -0.15) is 0 Å². The van der Waals surface area contributed by atoms with E-state index in [9.17, 15) is 9.59 Å². The monoisotopic (exact) mass is 317 g/mol. The van der Waals surface area contributed by atoms with Crippen LogP contribution in [0.4, 0.5) is 0 Å². The van der Waals surface area contributed by atoms with Gasteiger partial charge in [-0.15, -0.1) is 0 Å². The van der Waals surface area contributed by atoms with E-state index in [1.165, 1.54) is 5.56 Å². The molecule has 0 unspecified atom stereocenters. The quantitative estimate of drug-likeness (QED) is 0.876. The van der Waals surface area contributed by atoms with Crippen molar-refractivity contribution in [3.8, 4) is 0 Å². The SMILES string of the molecule is CC(C)(C)c1ccc(CCC(=O)N[C@@H]2CCC[C@@H]2C(=O)O)cc1. The maximum Gasteiger partial charge on any atom is 0.308 e. The summed E-state index contributed by atoms with van der Waals surface area (Å²) in [6.45, 7) is 6.53. The first-order chi connectivity index (χ1) is 10.8. The molecule has 0 aliphatic heterocycles. The molecule has 0 radical (unpaired) electrons. The van der Waals surface area contributed by atoms with E-state index in [4.69, 9.17) is 5.11 Å². The first kappa shape index (κ1) is 17.5. The summed E-state index contributed by atoms with van der Waals surface area (Å²) in [7, 11) is 0. The van der Waals surface area contributed by atoms with Gasteiger partial charge in [0.2, 0.25) is 5.91 Å². The fourth-order valence-electron chi connectivity index (χ4n) is 3.14. The topological polar surface area (TPSA) is 66.4 Å². The number of carbonyl (C=O) groups is 2. The Morgan fingerprint density at radius 1 is 1.17 bits per heavy atom. The zero-order chi connectivity index (χ0) is 17.0. The average Bonchev–Trinajstić information content (AvgIpc) is 2.93. The van der Waals surface area contributed by atoms with Crippen LogP contribution in [0.3, 0.4) is 0 Å². The molecule has 2 atom stereocenters. The molecule has 0 aromatic heterocycles. The lowest BCUT2D eigenvalue weighted by molar-refractivity contribution is -0.142. The number of carboxylic acid groups (broad SMARTS) is 1. The minimum Gasteiger partial charge on any atom is -0.481 e. The van der Waals surface area contributed by atoms with Crippen LogP contribution >= 0.6 is 0 Å². The number of carboxylic acids is 1. The predicted molar refractivity (Wildman–Crippen MR) is 90.4 cm³/mol. The summed E-state index contributed by atoms with van der Waals surface area (Å²) in [5.74, 6) is -1.28. The summed E-state index contributed by atoms with van der Waals surface area (Å²) in [5.41, 5.74) is 2.54. The van der Waals surface area contributed by atoms with Crippen molar-refractivity contribution in [3.63, 3.8) is 0 Å². The lowest BCUT2D eigenvalue weighted by Gasteiger charge is -2.19. The molecule has 4 heteroatoms. The van der Waals surface area contributed by atoms with Gasteiger partial charge in [-0.05, 0) is 35.8 Å². The fourth-order valence-corrected chi connectivity index (χ4v) is 3.14. The first-order valence-corrected chi connectivity index (χ1v) is 8.39. The van der Waals surface area contributed by atoms with Crippen LogP contribution < -0.4 is 5.32 Å². The summed E-state index contributed by atoms with van der Waals surface area (Å²) in [6, 6.07) is 8.17. The van der Waals surface area contributed by atoms with Gasteiger partial charge in [-0.1, -0.05) is 51.5 Å². The van der Waals surface area contributed by atoms with Crippen molar-refractivity contribution in [2.24, 2.45) is 5.92 Å². The van der Waals surface area contributed by atoms with E-state index in [2.05, 4.69) is 50.4 Å². The molecular weight excluding hydrogens is 290 g/mol. The van der Waals surface area contributed by atoms with Crippen molar-refractivity contribution < 1.29 is 14.7 Å². The summed E-state index contributed by atoms with van der Waals surface area (Å²) in [4.78, 5) is 23.2. The van der Waals surface area contributed by atoms with Gasteiger partial charge < -0.3 is 10.4 Å². The normalized spacial score (nSPS) is 21.2. The molecule has 0 bridgehead atoms. The van der Waals surface area contributed by atoms with Crippen LogP contribution in [0.15, 0.2) is 24.3 Å². The lowest BCUT2D eigenvalue weighted by atomic mass is 9.86. The third kappa shape index (κ3) is 4.81. The maximum atomic E-state index is 12.1. The Morgan fingerprint density at radius 3 is 2.39 bits per heavy atom. The first-order valence-electron chi connectivity index (χ1n) is 8.39. The molecule has 1 aromatic rings. The molecule has 23 heavy (non-hydrogen) atoms. The van der Waals surface area contributed by atoms with Crippen LogP contribution in [0.2, 0.25) is 0 Å². The van der Waals surface area contributed by atoms with Gasteiger partial charge in [0.1, 0.15) is 0 Å². The maximum absolute atomic E-state index is 12.1. The number of nitrogens with one attached hydrogen (secondary N) is 1. The molecule has 1 saturated carbocycles. The van der Waals surface area contributed by atoms with Crippen molar-refractivity contribution in [3.05, 3.63) is 35.4 Å². The standard InChI is InChI=1S/C19H27NO3/c1-19(2,3)14-10-7-13(8-11-14)9-12-17(21)20-16-6-4-5-15(16)18(22)23/h7-8,10-11,15-16H,4-6,9,12H2,1-3H3,(H,20,21)(H,22,23)/t15-,16+/m0/s1. The van der Waals surface area contributed by atoms with Crippen molar-refractivity contribution in [1.82, 2.24) is 5.32 Å². The Kier molecular flexibility index (Phi) is 5.45. The highest BCUT2D eigenvalue weighted by Gasteiger charge is 2.33. The van der Waals surface area contributed by atoms with Gasteiger partial charge in [0.25, 0.3) is 0 Å². The van der Waals surface area contributed by atoms with Crippen LogP contribution in [0.25, 0.3) is 0 Å². The summed E-state index contributed by atoms with van der Waals surface area (Å²) in [6.07, 6.45) is 3.38. The van der Waals surface area contributed by atoms with Gasteiger partial charge in [0.15, 0.2) is 0 Å². The Bertz CT molecular complexity index is 557. The number of hydrogen-bond donors (Lipinski definition) is 2. The van der Waals surface area contributed by atoms with E-state index >= 15 is 0 Å². The zero-order valence-corrected chi connectivity index (χ0v) is 14.3. The second-order valence-corrected chi connectivity index (χ2v) is 7.50. The van der Waals surface area contributed by atoms with Gasteiger partial charge in [-0.3, -0.25) is 9.59 Å². The number of aryl methyl sites for hydroxylation is 1. The second-order valence-electron chi connectivity index (χ2n) is 7.50. The molecule has 1 aromatic carbocycles. The number of carbonyl (C=O) groups excluding carboxylic acids is 1. The van der Waals surface area contributed by atoms with Crippen molar-refractivity contribution in [2.75, 3.05) is 0 Å². The van der Waals surface area contributed by atoms with E-state index in [1.54, 1.807) is 0 Å². The molecule has 0 saturated heterocycles. The molecular formula is C19H27NO3. The fraction of sp³-hybridized carbons (Fsp3) is 0.579. The van der Waals surface area contributed by atoms with Crippen LogP contribution in [-0.2, 0) is 21.4 Å². The van der Waals surface area contributed by atoms with E-state index in [0.29, 0.717) is 19.3 Å². The van der Waals surface area contributed by atoms with Crippen molar-refractivity contribution in [1.29, 1.82) is 0 Å². The van der Waals surface area contributed by atoms with Crippen molar-refractivity contribution in [2.45, 2.75) is 64.3 Å². The van der Waals surface area contributed by atoms with Crippen LogP contribution in [-0.4, -0.2) is 23.0 Å². The number of benzene rings is 1. The van der Waals surface area contributed by atoms with E-state index in [1.807, 2.05) is 0 Å². The largest absolute Gasteiger partial charge is 0.481 e. The number of aliphatic carboxylic acids is 1. The minimum atomic E-state index is -0.800. The van der Waals surface area contributed by atoms with Gasteiger partial charge in [0, 0.05) is 12.5 Å². The molecule has 1 amide bonds. The third-order valence-corrected chi connectivity index (χ3v) is 4.64. The van der Waals surface area contributed by atoms with E-state index in [0.717, 1.165) is 18.4 Å². The Morgan fingerprint density at radius 2 is 1.83 bits per heavy atom. The summed E-state index contributed by atoms with van der Waals surface area (Å²) >= 11 is 0. The number of hydrogen-bond acceptors (Lipinski definition) is 2. The molecule has 2 rings (SSSR count). The molecule has 1 fully saturated rings. The average molecular weight is 317 g/mol. The van der Waals surface area contributed by atoms with Crippen LogP contribution in [0.1, 0.15) is 57.6 Å². The predicted octanol–water partition coefficient (Wildman–Crippen LogP) is 3.29.